The lowest BCUT2D eigenvalue weighted by Crippen LogP contribution is -2.35. The highest BCUT2D eigenvalue weighted by atomic mass is 16.5. The molecule has 2 aromatic carbocycles. The van der Waals surface area contributed by atoms with Gasteiger partial charge in [-0.15, -0.1) is 0 Å². The molecule has 0 radical (unpaired) electrons. The molecule has 2 aromatic rings. The maximum absolute atomic E-state index is 6.23. The molecule has 2 aliphatic rings. The molecule has 1 unspecified atom stereocenters. The first kappa shape index (κ1) is 20.2. The van der Waals surface area contributed by atoms with E-state index in [0.29, 0.717) is 11.8 Å². The minimum absolute atomic E-state index is 0.391. The predicted octanol–water partition coefficient (Wildman–Crippen LogP) is 4.38. The molecule has 1 atom stereocenters. The van der Waals surface area contributed by atoms with Crippen LogP contribution in [0.5, 0.6) is 11.5 Å². The second-order valence-electron chi connectivity index (χ2n) is 8.57. The molecule has 0 aromatic heterocycles. The number of rotatable bonds is 6. The van der Waals surface area contributed by atoms with Crippen molar-refractivity contribution in [3.63, 3.8) is 0 Å². The van der Waals surface area contributed by atoms with Crippen LogP contribution in [0.1, 0.15) is 42.4 Å². The SMILES string of the molecule is CCN1CCC(COc2ccc3c(c2)CN(C)CC3c2ccc(OC)cc2)CC1. The van der Waals surface area contributed by atoms with Crippen molar-refractivity contribution in [2.45, 2.75) is 32.2 Å². The topological polar surface area (TPSA) is 24.9 Å². The van der Waals surface area contributed by atoms with Gasteiger partial charge in [-0.25, -0.2) is 0 Å². The van der Waals surface area contributed by atoms with E-state index in [-0.39, 0.29) is 0 Å². The van der Waals surface area contributed by atoms with Crippen molar-refractivity contribution in [2.24, 2.45) is 5.92 Å². The molecular formula is C25H34N2O2. The van der Waals surface area contributed by atoms with E-state index in [4.69, 9.17) is 9.47 Å². The molecule has 4 rings (SSSR count). The molecule has 2 aliphatic heterocycles. The fourth-order valence-corrected chi connectivity index (χ4v) is 4.72. The molecule has 29 heavy (non-hydrogen) atoms. The van der Waals surface area contributed by atoms with Crippen molar-refractivity contribution in [3.8, 4) is 11.5 Å². The van der Waals surface area contributed by atoms with Crippen LogP contribution in [0.15, 0.2) is 42.5 Å². The summed E-state index contributed by atoms with van der Waals surface area (Å²) in [6, 6.07) is 15.2. The molecule has 0 aliphatic carbocycles. The maximum atomic E-state index is 6.23. The van der Waals surface area contributed by atoms with Crippen LogP contribution < -0.4 is 9.47 Å². The van der Waals surface area contributed by atoms with Crippen LogP contribution in [0.2, 0.25) is 0 Å². The lowest BCUT2D eigenvalue weighted by Gasteiger charge is -2.33. The molecule has 0 saturated carbocycles. The Kier molecular flexibility index (Phi) is 6.41. The van der Waals surface area contributed by atoms with Gasteiger partial charge in [0.1, 0.15) is 11.5 Å². The van der Waals surface area contributed by atoms with Crippen molar-refractivity contribution in [2.75, 3.05) is 46.9 Å². The first-order chi connectivity index (χ1) is 14.2. The van der Waals surface area contributed by atoms with Crippen molar-refractivity contribution in [3.05, 3.63) is 59.2 Å². The summed E-state index contributed by atoms with van der Waals surface area (Å²) >= 11 is 0. The first-order valence-electron chi connectivity index (χ1n) is 11.0. The largest absolute Gasteiger partial charge is 0.497 e. The van der Waals surface area contributed by atoms with Gasteiger partial charge >= 0.3 is 0 Å². The van der Waals surface area contributed by atoms with Gasteiger partial charge in [-0.3, -0.25) is 0 Å². The molecule has 1 saturated heterocycles. The zero-order chi connectivity index (χ0) is 20.2. The van der Waals surface area contributed by atoms with E-state index in [9.17, 15) is 0 Å². The summed E-state index contributed by atoms with van der Waals surface area (Å²) < 4.78 is 11.6. The van der Waals surface area contributed by atoms with Gasteiger partial charge in [0.15, 0.2) is 0 Å². The van der Waals surface area contributed by atoms with Crippen LogP contribution in [0.3, 0.4) is 0 Å². The zero-order valence-electron chi connectivity index (χ0n) is 18.1. The highest BCUT2D eigenvalue weighted by Crippen LogP contribution is 2.35. The molecule has 4 heteroatoms. The summed E-state index contributed by atoms with van der Waals surface area (Å²) in [5.41, 5.74) is 4.16. The van der Waals surface area contributed by atoms with E-state index in [0.717, 1.165) is 31.2 Å². The van der Waals surface area contributed by atoms with Crippen LogP contribution >= 0.6 is 0 Å². The predicted molar refractivity (Wildman–Crippen MR) is 118 cm³/mol. The Labute approximate surface area is 175 Å². The minimum atomic E-state index is 0.391. The lowest BCUT2D eigenvalue weighted by atomic mass is 9.84. The van der Waals surface area contributed by atoms with E-state index in [2.05, 4.69) is 66.2 Å². The van der Waals surface area contributed by atoms with Gasteiger partial charge in [0, 0.05) is 19.0 Å². The Morgan fingerprint density at radius 2 is 1.72 bits per heavy atom. The average molecular weight is 395 g/mol. The highest BCUT2D eigenvalue weighted by Gasteiger charge is 2.25. The van der Waals surface area contributed by atoms with Crippen molar-refractivity contribution < 1.29 is 9.47 Å². The van der Waals surface area contributed by atoms with Crippen LogP contribution in [0, 0.1) is 5.92 Å². The first-order valence-corrected chi connectivity index (χ1v) is 11.0. The van der Waals surface area contributed by atoms with Crippen molar-refractivity contribution in [1.82, 2.24) is 9.80 Å². The summed E-state index contributed by atoms with van der Waals surface area (Å²) in [6.07, 6.45) is 2.50. The lowest BCUT2D eigenvalue weighted by molar-refractivity contribution is 0.145. The maximum Gasteiger partial charge on any atom is 0.119 e. The van der Waals surface area contributed by atoms with Crippen LogP contribution in [-0.4, -0.2) is 56.7 Å². The van der Waals surface area contributed by atoms with E-state index >= 15 is 0 Å². The highest BCUT2D eigenvalue weighted by molar-refractivity contribution is 5.45. The van der Waals surface area contributed by atoms with Crippen LogP contribution in [-0.2, 0) is 6.54 Å². The molecule has 156 valence electrons. The number of nitrogens with zero attached hydrogens (tertiary/aromatic N) is 2. The van der Waals surface area contributed by atoms with Crippen molar-refractivity contribution in [1.29, 1.82) is 0 Å². The monoisotopic (exact) mass is 394 g/mol. The Balaban J connectivity index is 1.45. The summed E-state index contributed by atoms with van der Waals surface area (Å²) in [7, 11) is 3.92. The number of methoxy groups -OCH3 is 1. The van der Waals surface area contributed by atoms with Gasteiger partial charge in [-0.1, -0.05) is 25.1 Å². The Morgan fingerprint density at radius 1 is 1.00 bits per heavy atom. The fraction of sp³-hybridized carbons (Fsp3) is 0.520. The number of benzene rings is 2. The number of piperidine rings is 1. The second kappa shape index (κ2) is 9.19. The molecular weight excluding hydrogens is 360 g/mol. The Bertz CT molecular complexity index is 797. The zero-order valence-corrected chi connectivity index (χ0v) is 18.1. The summed E-state index contributed by atoms with van der Waals surface area (Å²) in [5, 5.41) is 0. The number of likely N-dealkylation sites (tertiary alicyclic amines) is 1. The molecule has 1 fully saturated rings. The smallest absolute Gasteiger partial charge is 0.119 e. The van der Waals surface area contributed by atoms with E-state index in [1.54, 1.807) is 7.11 Å². The molecule has 0 bridgehead atoms. The Hall–Kier alpha value is -2.04. The van der Waals surface area contributed by atoms with Crippen LogP contribution in [0.4, 0.5) is 0 Å². The molecule has 0 N–H and O–H groups in total. The molecule has 0 spiro atoms. The molecule has 0 amide bonds. The third-order valence-corrected chi connectivity index (χ3v) is 6.58. The number of likely N-dealkylation sites (N-methyl/N-ethyl adjacent to an activating group) is 1. The average Bonchev–Trinajstić information content (AvgIpc) is 2.77. The summed E-state index contributed by atoms with van der Waals surface area (Å²) in [4.78, 5) is 4.94. The van der Waals surface area contributed by atoms with Gasteiger partial charge < -0.3 is 19.3 Å². The molecule has 4 nitrogen and oxygen atoms in total. The minimum Gasteiger partial charge on any atom is -0.497 e. The molecule has 2 heterocycles. The van der Waals surface area contributed by atoms with Gasteiger partial charge in [0.25, 0.3) is 0 Å². The number of ether oxygens (including phenoxy) is 2. The number of fused-ring (bicyclic) bond motifs is 1. The van der Waals surface area contributed by atoms with E-state index < -0.39 is 0 Å². The standard InChI is InChI=1S/C25H34N2O2/c1-4-27-13-11-19(12-14-27)18-29-23-9-10-24-21(15-23)16-26(2)17-25(24)20-5-7-22(28-3)8-6-20/h5-10,15,19,25H,4,11-14,16-18H2,1-3H3. The fourth-order valence-electron chi connectivity index (χ4n) is 4.72. The third kappa shape index (κ3) is 4.76. The van der Waals surface area contributed by atoms with E-state index in [1.807, 2.05) is 0 Å². The van der Waals surface area contributed by atoms with Gasteiger partial charge in [-0.2, -0.15) is 0 Å². The van der Waals surface area contributed by atoms with Gasteiger partial charge in [0.05, 0.1) is 13.7 Å². The quantitative estimate of drug-likeness (QED) is 0.726. The van der Waals surface area contributed by atoms with Crippen LogP contribution in [0.25, 0.3) is 0 Å². The van der Waals surface area contributed by atoms with Gasteiger partial charge in [0.2, 0.25) is 0 Å². The Morgan fingerprint density at radius 3 is 2.41 bits per heavy atom. The third-order valence-electron chi connectivity index (χ3n) is 6.58. The second-order valence-corrected chi connectivity index (χ2v) is 8.57. The summed E-state index contributed by atoms with van der Waals surface area (Å²) in [6.45, 7) is 8.70. The van der Waals surface area contributed by atoms with Crippen molar-refractivity contribution >= 4 is 0 Å². The van der Waals surface area contributed by atoms with Gasteiger partial charge in [-0.05, 0) is 86.4 Å². The number of hydrogen-bond donors (Lipinski definition) is 0. The normalized spacial score (nSPS) is 21.0. The summed E-state index contributed by atoms with van der Waals surface area (Å²) in [5.74, 6) is 3.00. The number of hydrogen-bond acceptors (Lipinski definition) is 4. The van der Waals surface area contributed by atoms with E-state index in [1.165, 1.54) is 49.2 Å².